The molecule has 21 heavy (non-hydrogen) atoms. The maximum atomic E-state index is 12.1. The number of hydrogen-bond donors (Lipinski definition) is 1. The predicted molar refractivity (Wildman–Crippen MR) is 82.9 cm³/mol. The summed E-state index contributed by atoms with van der Waals surface area (Å²) in [7, 11) is 0. The van der Waals surface area contributed by atoms with E-state index in [-0.39, 0.29) is 5.91 Å². The van der Waals surface area contributed by atoms with Crippen molar-refractivity contribution in [1.82, 2.24) is 10.2 Å². The lowest BCUT2D eigenvalue weighted by atomic mass is 9.96. The van der Waals surface area contributed by atoms with Crippen molar-refractivity contribution in [3.05, 3.63) is 35.4 Å². The number of benzene rings is 1. The summed E-state index contributed by atoms with van der Waals surface area (Å²) in [6, 6.07) is 9.50. The van der Waals surface area contributed by atoms with Gasteiger partial charge in [-0.1, -0.05) is 6.07 Å². The molecule has 0 aromatic heterocycles. The Hall–Kier alpha value is -1.86. The number of nitriles is 1. The van der Waals surface area contributed by atoms with Crippen molar-refractivity contribution < 1.29 is 4.79 Å². The van der Waals surface area contributed by atoms with E-state index in [9.17, 15) is 4.79 Å². The van der Waals surface area contributed by atoms with Gasteiger partial charge < -0.3 is 10.2 Å². The van der Waals surface area contributed by atoms with Gasteiger partial charge in [-0.15, -0.1) is 0 Å². The molecule has 1 amide bonds. The largest absolute Gasteiger partial charge is 0.352 e. The molecule has 1 aliphatic rings. The van der Waals surface area contributed by atoms with Crippen LogP contribution in [0.5, 0.6) is 0 Å². The van der Waals surface area contributed by atoms with E-state index < -0.39 is 0 Å². The van der Waals surface area contributed by atoms with Crippen molar-refractivity contribution >= 4 is 5.91 Å². The van der Waals surface area contributed by atoms with Gasteiger partial charge in [0.05, 0.1) is 11.6 Å². The molecule has 0 radical (unpaired) electrons. The van der Waals surface area contributed by atoms with Gasteiger partial charge in [0.15, 0.2) is 0 Å². The van der Waals surface area contributed by atoms with Gasteiger partial charge in [-0.25, -0.2) is 0 Å². The molecule has 0 spiro atoms. The number of likely N-dealkylation sites (tertiary alicyclic amines) is 1. The Morgan fingerprint density at radius 2 is 2.14 bits per heavy atom. The van der Waals surface area contributed by atoms with Gasteiger partial charge in [-0.05, 0) is 63.9 Å². The van der Waals surface area contributed by atoms with Crippen LogP contribution < -0.4 is 5.32 Å². The second kappa shape index (κ2) is 7.24. The number of amides is 1. The highest BCUT2D eigenvalue weighted by atomic mass is 16.1. The third-order valence-corrected chi connectivity index (χ3v) is 4.18. The zero-order valence-corrected chi connectivity index (χ0v) is 12.8. The minimum atomic E-state index is -0.0848. The molecule has 1 saturated heterocycles. The van der Waals surface area contributed by atoms with Crippen LogP contribution in [0, 0.1) is 17.2 Å². The first-order chi connectivity index (χ1) is 10.1. The normalized spacial score (nSPS) is 16.7. The van der Waals surface area contributed by atoms with Gasteiger partial charge in [0.1, 0.15) is 0 Å². The van der Waals surface area contributed by atoms with E-state index in [4.69, 9.17) is 5.26 Å². The van der Waals surface area contributed by atoms with E-state index >= 15 is 0 Å². The Morgan fingerprint density at radius 3 is 2.76 bits per heavy atom. The van der Waals surface area contributed by atoms with Crippen LogP contribution in [0.2, 0.25) is 0 Å². The van der Waals surface area contributed by atoms with Crippen LogP contribution >= 0.6 is 0 Å². The highest BCUT2D eigenvalue weighted by Gasteiger charge is 2.21. The van der Waals surface area contributed by atoms with Gasteiger partial charge in [-0.2, -0.15) is 5.26 Å². The molecule has 1 heterocycles. The fourth-order valence-electron chi connectivity index (χ4n) is 2.74. The van der Waals surface area contributed by atoms with Crippen molar-refractivity contribution in [3.63, 3.8) is 0 Å². The van der Waals surface area contributed by atoms with Crippen LogP contribution in [0.25, 0.3) is 0 Å². The van der Waals surface area contributed by atoms with Gasteiger partial charge >= 0.3 is 0 Å². The summed E-state index contributed by atoms with van der Waals surface area (Å²) < 4.78 is 0. The van der Waals surface area contributed by atoms with Crippen molar-refractivity contribution in [2.75, 3.05) is 19.6 Å². The summed E-state index contributed by atoms with van der Waals surface area (Å²) >= 11 is 0. The summed E-state index contributed by atoms with van der Waals surface area (Å²) in [5, 5.41) is 11.9. The Balaban J connectivity index is 1.81. The Morgan fingerprint density at radius 1 is 1.43 bits per heavy atom. The number of carbonyl (C=O) groups is 1. The molecule has 4 nitrogen and oxygen atoms in total. The van der Waals surface area contributed by atoms with Crippen LogP contribution in [0.3, 0.4) is 0 Å². The van der Waals surface area contributed by atoms with Crippen molar-refractivity contribution in [3.8, 4) is 6.07 Å². The second-order valence-electron chi connectivity index (χ2n) is 5.98. The van der Waals surface area contributed by atoms with Gasteiger partial charge in [-0.3, -0.25) is 4.79 Å². The maximum absolute atomic E-state index is 12.1. The Bertz CT molecular complexity index is 525. The highest BCUT2D eigenvalue weighted by molar-refractivity contribution is 5.94. The number of rotatable bonds is 4. The summed E-state index contributed by atoms with van der Waals surface area (Å²) in [4.78, 5) is 14.6. The van der Waals surface area contributed by atoms with Crippen LogP contribution in [0.4, 0.5) is 0 Å². The first kappa shape index (κ1) is 15.5. The lowest BCUT2D eigenvalue weighted by molar-refractivity contribution is 0.0929. The fraction of sp³-hybridized carbons (Fsp3) is 0.529. The van der Waals surface area contributed by atoms with E-state index in [1.807, 2.05) is 0 Å². The lowest BCUT2D eigenvalue weighted by Crippen LogP contribution is -2.41. The molecular formula is C17H23N3O. The number of nitrogens with one attached hydrogen (secondary N) is 1. The molecule has 4 heteroatoms. The summed E-state index contributed by atoms with van der Waals surface area (Å²) in [5.41, 5.74) is 1.08. The predicted octanol–water partition coefficient (Wildman–Crippen LogP) is 2.41. The van der Waals surface area contributed by atoms with Gasteiger partial charge in [0.2, 0.25) is 0 Å². The standard InChI is InChI=1S/C17H23N3O/c1-13(2)20-8-6-14(7-9-20)12-19-17(21)16-5-3-4-15(10-16)11-18/h3-5,10,13-14H,6-9,12H2,1-2H3,(H,19,21). The number of hydrogen-bond acceptors (Lipinski definition) is 3. The van der Waals surface area contributed by atoms with Gasteiger partial charge in [0, 0.05) is 18.2 Å². The van der Waals surface area contributed by atoms with Crippen LogP contribution in [0.1, 0.15) is 42.6 Å². The maximum Gasteiger partial charge on any atom is 0.251 e. The van der Waals surface area contributed by atoms with Crippen molar-refractivity contribution in [2.24, 2.45) is 5.92 Å². The molecule has 0 unspecified atom stereocenters. The molecule has 1 fully saturated rings. The molecule has 0 saturated carbocycles. The van der Waals surface area contributed by atoms with Crippen molar-refractivity contribution in [2.45, 2.75) is 32.7 Å². The third kappa shape index (κ3) is 4.30. The third-order valence-electron chi connectivity index (χ3n) is 4.18. The molecule has 1 aliphatic heterocycles. The fourth-order valence-corrected chi connectivity index (χ4v) is 2.74. The summed E-state index contributed by atoms with van der Waals surface area (Å²) in [5.74, 6) is 0.474. The number of piperidine rings is 1. The topological polar surface area (TPSA) is 56.1 Å². The van der Waals surface area contributed by atoms with Crippen LogP contribution in [-0.4, -0.2) is 36.5 Å². The number of carbonyl (C=O) groups excluding carboxylic acids is 1. The zero-order valence-electron chi connectivity index (χ0n) is 12.8. The summed E-state index contributed by atoms with van der Waals surface area (Å²) in [6.07, 6.45) is 2.27. The Kier molecular flexibility index (Phi) is 5.35. The molecule has 112 valence electrons. The molecule has 1 aromatic rings. The zero-order chi connectivity index (χ0) is 15.2. The van der Waals surface area contributed by atoms with E-state index in [1.165, 1.54) is 0 Å². The molecule has 1 N–H and O–H groups in total. The molecule has 0 bridgehead atoms. The van der Waals surface area contributed by atoms with E-state index in [1.54, 1.807) is 24.3 Å². The SMILES string of the molecule is CC(C)N1CCC(CNC(=O)c2cccc(C#N)c2)CC1. The second-order valence-corrected chi connectivity index (χ2v) is 5.98. The van der Waals surface area contributed by atoms with E-state index in [2.05, 4.69) is 30.1 Å². The smallest absolute Gasteiger partial charge is 0.251 e. The highest BCUT2D eigenvalue weighted by Crippen LogP contribution is 2.18. The molecule has 1 aromatic carbocycles. The van der Waals surface area contributed by atoms with E-state index in [0.717, 1.165) is 32.5 Å². The first-order valence-corrected chi connectivity index (χ1v) is 7.62. The monoisotopic (exact) mass is 285 g/mol. The average Bonchev–Trinajstić information content (AvgIpc) is 2.53. The summed E-state index contributed by atoms with van der Waals surface area (Å²) in [6.45, 7) is 7.40. The Labute approximate surface area is 126 Å². The molecule has 2 rings (SSSR count). The average molecular weight is 285 g/mol. The minimum absolute atomic E-state index is 0.0848. The lowest BCUT2D eigenvalue weighted by Gasteiger charge is -2.34. The molecule has 0 atom stereocenters. The molecule has 0 aliphatic carbocycles. The first-order valence-electron chi connectivity index (χ1n) is 7.62. The molecular weight excluding hydrogens is 262 g/mol. The van der Waals surface area contributed by atoms with Gasteiger partial charge in [0.25, 0.3) is 5.91 Å². The van der Waals surface area contributed by atoms with Crippen LogP contribution in [-0.2, 0) is 0 Å². The van der Waals surface area contributed by atoms with Crippen molar-refractivity contribution in [1.29, 1.82) is 5.26 Å². The number of nitrogens with zero attached hydrogens (tertiary/aromatic N) is 2. The van der Waals surface area contributed by atoms with Crippen LogP contribution in [0.15, 0.2) is 24.3 Å². The van der Waals surface area contributed by atoms with E-state index in [0.29, 0.717) is 23.1 Å². The quantitative estimate of drug-likeness (QED) is 0.924. The minimum Gasteiger partial charge on any atom is -0.352 e.